The third-order valence-electron chi connectivity index (χ3n) is 5.26. The zero-order valence-corrected chi connectivity index (χ0v) is 16.2. The van der Waals surface area contributed by atoms with Crippen LogP contribution in [0.5, 0.6) is 0 Å². The maximum absolute atomic E-state index is 12.8. The quantitative estimate of drug-likeness (QED) is 0.803. The van der Waals surface area contributed by atoms with Crippen molar-refractivity contribution in [2.75, 3.05) is 49.6 Å². The molecule has 0 aliphatic carbocycles. The second-order valence-corrected chi connectivity index (χ2v) is 7.86. The first-order valence-corrected chi connectivity index (χ1v) is 10.6. The highest BCUT2D eigenvalue weighted by Crippen LogP contribution is 2.25. The van der Waals surface area contributed by atoms with Gasteiger partial charge < -0.3 is 15.5 Å². The van der Waals surface area contributed by atoms with Crippen molar-refractivity contribution in [1.29, 1.82) is 0 Å². The molecule has 0 spiro atoms. The number of piperazine rings is 1. The van der Waals surface area contributed by atoms with E-state index in [1.165, 1.54) is 0 Å². The summed E-state index contributed by atoms with van der Waals surface area (Å²) in [4.78, 5) is 31.2. The lowest BCUT2D eigenvalue weighted by atomic mass is 10.1. The fourth-order valence-electron chi connectivity index (χ4n) is 3.72. The number of hydrogen-bond acceptors (Lipinski definition) is 5. The largest absolute Gasteiger partial charge is 0.339 e. The summed E-state index contributed by atoms with van der Waals surface area (Å²) in [7, 11) is 0. The van der Waals surface area contributed by atoms with Crippen LogP contribution in [0.1, 0.15) is 12.8 Å². The van der Waals surface area contributed by atoms with Crippen LogP contribution in [0.3, 0.4) is 0 Å². The van der Waals surface area contributed by atoms with Gasteiger partial charge in [0.05, 0.1) is 12.1 Å². The van der Waals surface area contributed by atoms with Crippen LogP contribution in [0.25, 0.3) is 0 Å². The Kier molecular flexibility index (Phi) is 6.56. The number of hydrogen-bond donors (Lipinski definition) is 1. The lowest BCUT2D eigenvalue weighted by molar-refractivity contribution is -0.135. The Morgan fingerprint density at radius 1 is 1.19 bits per heavy atom. The number of rotatable bonds is 6. The van der Waals surface area contributed by atoms with Crippen LogP contribution in [0.15, 0.2) is 30.3 Å². The number of nitrogens with two attached hydrogens (primary N) is 1. The number of para-hydroxylation sites is 1. The first-order chi connectivity index (χ1) is 12.6. The Balaban J connectivity index is 1.52. The SMILES string of the molecule is CSCC[C@H](N)C(=O)N1CCN(C2CCN(c3ccccc3)C2=O)CC1. The topological polar surface area (TPSA) is 69.9 Å². The monoisotopic (exact) mass is 376 g/mol. The molecule has 3 rings (SSSR count). The average Bonchev–Trinajstić information content (AvgIpc) is 3.07. The lowest BCUT2D eigenvalue weighted by Crippen LogP contribution is -2.56. The number of benzene rings is 1. The van der Waals surface area contributed by atoms with Crippen LogP contribution in [-0.4, -0.2) is 78.4 Å². The Labute approximate surface area is 159 Å². The molecule has 6 nitrogen and oxygen atoms in total. The van der Waals surface area contributed by atoms with Gasteiger partial charge in [0.25, 0.3) is 0 Å². The van der Waals surface area contributed by atoms with Gasteiger partial charge in [0.2, 0.25) is 11.8 Å². The van der Waals surface area contributed by atoms with Gasteiger partial charge in [0.1, 0.15) is 0 Å². The van der Waals surface area contributed by atoms with Crippen molar-refractivity contribution in [3.63, 3.8) is 0 Å². The average molecular weight is 377 g/mol. The fourth-order valence-corrected chi connectivity index (χ4v) is 4.21. The van der Waals surface area contributed by atoms with Crippen molar-refractivity contribution < 1.29 is 9.59 Å². The van der Waals surface area contributed by atoms with Crippen molar-refractivity contribution in [2.45, 2.75) is 24.9 Å². The predicted octanol–water partition coefficient (Wildman–Crippen LogP) is 1.02. The molecule has 26 heavy (non-hydrogen) atoms. The summed E-state index contributed by atoms with van der Waals surface area (Å²) in [6.45, 7) is 3.54. The molecule has 2 amide bonds. The minimum atomic E-state index is -0.407. The van der Waals surface area contributed by atoms with E-state index in [0.29, 0.717) is 19.5 Å². The van der Waals surface area contributed by atoms with Crippen LogP contribution in [0.4, 0.5) is 5.69 Å². The number of carbonyl (C=O) groups is 2. The summed E-state index contributed by atoms with van der Waals surface area (Å²) in [5, 5.41) is 0. The van der Waals surface area contributed by atoms with Gasteiger partial charge in [-0.05, 0) is 37.0 Å². The summed E-state index contributed by atoms with van der Waals surface area (Å²) in [6, 6.07) is 9.36. The van der Waals surface area contributed by atoms with Gasteiger partial charge in [-0.15, -0.1) is 0 Å². The molecule has 0 aromatic heterocycles. The Morgan fingerprint density at radius 2 is 1.88 bits per heavy atom. The molecule has 2 saturated heterocycles. The second kappa shape index (κ2) is 8.88. The highest BCUT2D eigenvalue weighted by molar-refractivity contribution is 7.98. The molecule has 0 radical (unpaired) electrons. The van der Waals surface area contributed by atoms with E-state index < -0.39 is 6.04 Å². The number of nitrogens with zero attached hydrogens (tertiary/aromatic N) is 3. The number of amides is 2. The molecule has 142 valence electrons. The molecule has 2 N–H and O–H groups in total. The molecule has 0 saturated carbocycles. The van der Waals surface area contributed by atoms with Crippen molar-refractivity contribution in [3.8, 4) is 0 Å². The maximum atomic E-state index is 12.8. The van der Waals surface area contributed by atoms with E-state index in [1.807, 2.05) is 46.4 Å². The van der Waals surface area contributed by atoms with Crippen molar-refractivity contribution >= 4 is 29.3 Å². The lowest BCUT2D eigenvalue weighted by Gasteiger charge is -2.38. The van der Waals surface area contributed by atoms with Crippen molar-refractivity contribution in [3.05, 3.63) is 30.3 Å². The third kappa shape index (κ3) is 4.22. The highest BCUT2D eigenvalue weighted by Gasteiger charge is 2.38. The second-order valence-electron chi connectivity index (χ2n) is 6.88. The summed E-state index contributed by atoms with van der Waals surface area (Å²) < 4.78 is 0. The minimum Gasteiger partial charge on any atom is -0.339 e. The first-order valence-electron chi connectivity index (χ1n) is 9.25. The summed E-state index contributed by atoms with van der Waals surface area (Å²) in [6.07, 6.45) is 3.58. The minimum absolute atomic E-state index is 0.0439. The molecule has 7 heteroatoms. The van der Waals surface area contributed by atoms with Crippen LogP contribution in [0.2, 0.25) is 0 Å². The summed E-state index contributed by atoms with van der Waals surface area (Å²) >= 11 is 1.71. The zero-order valence-electron chi connectivity index (χ0n) is 15.3. The van der Waals surface area contributed by atoms with E-state index in [0.717, 1.165) is 37.5 Å². The number of thioether (sulfide) groups is 1. The fraction of sp³-hybridized carbons (Fsp3) is 0.579. The maximum Gasteiger partial charge on any atom is 0.244 e. The molecule has 2 aliphatic heterocycles. The van der Waals surface area contributed by atoms with Crippen LogP contribution >= 0.6 is 11.8 Å². The molecule has 2 heterocycles. The Bertz CT molecular complexity index is 619. The van der Waals surface area contributed by atoms with Gasteiger partial charge in [-0.1, -0.05) is 18.2 Å². The highest BCUT2D eigenvalue weighted by atomic mass is 32.2. The van der Waals surface area contributed by atoms with Crippen LogP contribution in [0, 0.1) is 0 Å². The Morgan fingerprint density at radius 3 is 2.54 bits per heavy atom. The molecular formula is C19H28N4O2S. The Hall–Kier alpha value is -1.57. The molecule has 1 aromatic rings. The first kappa shape index (κ1) is 19.2. The van der Waals surface area contributed by atoms with E-state index in [2.05, 4.69) is 4.90 Å². The van der Waals surface area contributed by atoms with E-state index in [1.54, 1.807) is 11.8 Å². The molecule has 1 unspecified atom stereocenters. The molecule has 2 aliphatic rings. The van der Waals surface area contributed by atoms with E-state index in [9.17, 15) is 9.59 Å². The van der Waals surface area contributed by atoms with Gasteiger partial charge >= 0.3 is 0 Å². The zero-order chi connectivity index (χ0) is 18.5. The van der Waals surface area contributed by atoms with Crippen molar-refractivity contribution in [1.82, 2.24) is 9.80 Å². The van der Waals surface area contributed by atoms with E-state index in [-0.39, 0.29) is 17.9 Å². The van der Waals surface area contributed by atoms with Gasteiger partial charge in [0, 0.05) is 38.4 Å². The summed E-state index contributed by atoms with van der Waals surface area (Å²) in [5.74, 6) is 1.12. The van der Waals surface area contributed by atoms with E-state index >= 15 is 0 Å². The molecule has 0 bridgehead atoms. The van der Waals surface area contributed by atoms with Gasteiger partial charge in [-0.2, -0.15) is 11.8 Å². The normalized spacial score (nSPS) is 22.7. The summed E-state index contributed by atoms with van der Waals surface area (Å²) in [5.41, 5.74) is 6.98. The van der Waals surface area contributed by atoms with Crippen LogP contribution < -0.4 is 10.6 Å². The van der Waals surface area contributed by atoms with Crippen LogP contribution in [-0.2, 0) is 9.59 Å². The molecule has 1 aromatic carbocycles. The predicted molar refractivity (Wildman–Crippen MR) is 106 cm³/mol. The smallest absolute Gasteiger partial charge is 0.244 e. The van der Waals surface area contributed by atoms with Gasteiger partial charge in [-0.3, -0.25) is 14.5 Å². The molecule has 2 atom stereocenters. The molecule has 2 fully saturated rings. The number of anilines is 1. The van der Waals surface area contributed by atoms with E-state index in [4.69, 9.17) is 5.73 Å². The third-order valence-corrected chi connectivity index (χ3v) is 5.91. The standard InChI is InChI=1S/C19H28N4O2S/c1-26-14-8-16(20)18(24)22-12-10-21(11-13-22)17-7-9-23(19(17)25)15-5-3-2-4-6-15/h2-6,16-17H,7-14,20H2,1H3/t16-,17?/m0/s1. The van der Waals surface area contributed by atoms with Gasteiger partial charge in [0.15, 0.2) is 0 Å². The molecular weight excluding hydrogens is 348 g/mol. The van der Waals surface area contributed by atoms with Crippen molar-refractivity contribution in [2.24, 2.45) is 5.73 Å². The number of carbonyl (C=O) groups excluding carboxylic acids is 2. The van der Waals surface area contributed by atoms with Gasteiger partial charge in [-0.25, -0.2) is 0 Å².